The molecule has 118 valence electrons. The number of aromatic nitrogens is 2. The van der Waals surface area contributed by atoms with E-state index in [1.807, 2.05) is 20.8 Å². The van der Waals surface area contributed by atoms with Crippen molar-refractivity contribution < 1.29 is 19.1 Å². The summed E-state index contributed by atoms with van der Waals surface area (Å²) in [6.45, 7) is 5.90. The number of H-pyrrole nitrogens is 1. The molecule has 6 nitrogen and oxygen atoms in total. The first-order chi connectivity index (χ1) is 10.3. The van der Waals surface area contributed by atoms with Gasteiger partial charge in [0, 0.05) is 24.2 Å². The molecular weight excluding hydrogens is 284 g/mol. The number of nitrogens with zero attached hydrogens (tertiary/aromatic N) is 1. The fourth-order valence-corrected chi connectivity index (χ4v) is 2.19. The smallest absolute Gasteiger partial charge is 0.347 e. The number of pyridine rings is 1. The number of hydrogen-bond acceptors (Lipinski definition) is 5. The van der Waals surface area contributed by atoms with Crippen molar-refractivity contribution in [1.82, 2.24) is 9.97 Å². The summed E-state index contributed by atoms with van der Waals surface area (Å²) in [5.74, 6) is -1.12. The molecule has 6 heteroatoms. The molecule has 2 aromatic rings. The number of fused-ring (bicyclic) bond motifs is 1. The first-order valence-corrected chi connectivity index (χ1v) is 7.03. The van der Waals surface area contributed by atoms with E-state index in [2.05, 4.69) is 9.97 Å². The summed E-state index contributed by atoms with van der Waals surface area (Å²) in [5.41, 5.74) is 0.787. The molecule has 2 rings (SSSR count). The van der Waals surface area contributed by atoms with Crippen LogP contribution in [0.2, 0.25) is 0 Å². The van der Waals surface area contributed by atoms with Crippen molar-refractivity contribution in [3.05, 3.63) is 30.1 Å². The zero-order valence-electron chi connectivity index (χ0n) is 13.2. The van der Waals surface area contributed by atoms with Gasteiger partial charge in [-0.05, 0) is 17.5 Å². The van der Waals surface area contributed by atoms with Gasteiger partial charge >= 0.3 is 11.9 Å². The minimum absolute atomic E-state index is 0.180. The second-order valence-corrected chi connectivity index (χ2v) is 6.28. The van der Waals surface area contributed by atoms with Crippen LogP contribution in [-0.2, 0) is 14.3 Å². The Kier molecular flexibility index (Phi) is 4.49. The van der Waals surface area contributed by atoms with Crippen LogP contribution in [0.5, 0.6) is 0 Å². The summed E-state index contributed by atoms with van der Waals surface area (Å²) in [6, 6.07) is 3.32. The van der Waals surface area contributed by atoms with Gasteiger partial charge in [-0.25, -0.2) is 14.6 Å². The minimum Gasteiger partial charge on any atom is -0.466 e. The predicted molar refractivity (Wildman–Crippen MR) is 81.4 cm³/mol. The molecule has 0 aliphatic carbocycles. The summed E-state index contributed by atoms with van der Waals surface area (Å²) in [4.78, 5) is 31.3. The molecule has 1 atom stereocenters. The first kappa shape index (κ1) is 16.0. The summed E-state index contributed by atoms with van der Waals surface area (Å²) >= 11 is 0. The minimum atomic E-state index is -0.931. The van der Waals surface area contributed by atoms with Gasteiger partial charge in [0.25, 0.3) is 0 Å². The Hall–Kier alpha value is -2.37. The Morgan fingerprint density at radius 2 is 2.05 bits per heavy atom. The van der Waals surface area contributed by atoms with Crippen LogP contribution in [-0.4, -0.2) is 35.1 Å². The molecule has 0 saturated heterocycles. The molecule has 0 amide bonds. The van der Waals surface area contributed by atoms with Gasteiger partial charge in [-0.15, -0.1) is 0 Å². The van der Waals surface area contributed by atoms with Crippen molar-refractivity contribution in [3.8, 4) is 0 Å². The molecule has 1 unspecified atom stereocenters. The lowest BCUT2D eigenvalue weighted by Crippen LogP contribution is -2.32. The summed E-state index contributed by atoms with van der Waals surface area (Å²) in [6.07, 6.45) is 2.67. The third-order valence-corrected chi connectivity index (χ3v) is 3.19. The van der Waals surface area contributed by atoms with Crippen molar-refractivity contribution in [3.63, 3.8) is 0 Å². The highest BCUT2D eigenvalue weighted by Crippen LogP contribution is 2.24. The van der Waals surface area contributed by atoms with E-state index in [0.29, 0.717) is 23.0 Å². The predicted octanol–water partition coefficient (Wildman–Crippen LogP) is 2.70. The number of aromatic amines is 1. The zero-order valence-corrected chi connectivity index (χ0v) is 13.2. The lowest BCUT2D eigenvalue weighted by atomic mass is 9.89. The quantitative estimate of drug-likeness (QED) is 0.878. The van der Waals surface area contributed by atoms with Crippen LogP contribution in [0, 0.1) is 5.41 Å². The van der Waals surface area contributed by atoms with E-state index in [-0.39, 0.29) is 5.41 Å². The second-order valence-electron chi connectivity index (χ2n) is 6.28. The molecule has 22 heavy (non-hydrogen) atoms. The Bertz CT molecular complexity index is 685. The van der Waals surface area contributed by atoms with Crippen LogP contribution < -0.4 is 0 Å². The van der Waals surface area contributed by atoms with E-state index >= 15 is 0 Å². The van der Waals surface area contributed by atoms with Gasteiger partial charge in [0.1, 0.15) is 5.65 Å². The third-order valence-electron chi connectivity index (χ3n) is 3.19. The maximum atomic E-state index is 12.4. The third kappa shape index (κ3) is 3.63. The largest absolute Gasteiger partial charge is 0.466 e. The first-order valence-electron chi connectivity index (χ1n) is 7.03. The number of nitrogens with one attached hydrogen (secondary N) is 1. The Balaban J connectivity index is 2.24. The molecule has 0 aliphatic rings. The van der Waals surface area contributed by atoms with E-state index in [1.165, 1.54) is 13.3 Å². The standard InChI is InChI=1S/C16H20N2O4/c1-16(2,3)9-12(15(20)21-4)22-14(19)11-6-8-18-13-10(11)5-7-17-13/h5-8,12H,9H2,1-4H3,(H,17,18). The summed E-state index contributed by atoms with van der Waals surface area (Å²) in [7, 11) is 1.28. The van der Waals surface area contributed by atoms with Crippen molar-refractivity contribution in [2.45, 2.75) is 33.3 Å². The topological polar surface area (TPSA) is 81.3 Å². The number of rotatable bonds is 4. The molecule has 0 radical (unpaired) electrons. The zero-order chi connectivity index (χ0) is 16.3. The maximum Gasteiger partial charge on any atom is 0.347 e. The highest BCUT2D eigenvalue weighted by atomic mass is 16.6. The lowest BCUT2D eigenvalue weighted by Gasteiger charge is -2.24. The highest BCUT2D eigenvalue weighted by molar-refractivity contribution is 6.03. The van der Waals surface area contributed by atoms with Crippen LogP contribution >= 0.6 is 0 Å². The van der Waals surface area contributed by atoms with Crippen LogP contribution in [0.4, 0.5) is 0 Å². The van der Waals surface area contributed by atoms with E-state index in [4.69, 9.17) is 9.47 Å². The van der Waals surface area contributed by atoms with Gasteiger partial charge < -0.3 is 14.5 Å². The number of methoxy groups -OCH3 is 1. The molecule has 0 spiro atoms. The molecule has 0 fully saturated rings. The Labute approximate surface area is 128 Å². The molecule has 2 heterocycles. The Morgan fingerprint density at radius 3 is 2.68 bits per heavy atom. The number of carbonyl (C=O) groups excluding carboxylic acids is 2. The number of carbonyl (C=O) groups is 2. The van der Waals surface area contributed by atoms with Crippen LogP contribution in [0.15, 0.2) is 24.5 Å². The van der Waals surface area contributed by atoms with Gasteiger partial charge in [0.15, 0.2) is 6.10 Å². The van der Waals surface area contributed by atoms with E-state index in [9.17, 15) is 9.59 Å². The van der Waals surface area contributed by atoms with E-state index < -0.39 is 18.0 Å². The maximum absolute atomic E-state index is 12.4. The second kappa shape index (κ2) is 6.17. The fourth-order valence-electron chi connectivity index (χ4n) is 2.19. The summed E-state index contributed by atoms with van der Waals surface area (Å²) in [5, 5.41) is 0.659. The average Bonchev–Trinajstić information content (AvgIpc) is 2.92. The van der Waals surface area contributed by atoms with Crippen LogP contribution in [0.1, 0.15) is 37.6 Å². The monoisotopic (exact) mass is 304 g/mol. The highest BCUT2D eigenvalue weighted by Gasteiger charge is 2.30. The van der Waals surface area contributed by atoms with Gasteiger partial charge in [0.2, 0.25) is 0 Å². The normalized spacial score (nSPS) is 12.9. The van der Waals surface area contributed by atoms with Crippen LogP contribution in [0.25, 0.3) is 11.0 Å². The molecule has 1 N–H and O–H groups in total. The summed E-state index contributed by atoms with van der Waals surface area (Å²) < 4.78 is 10.1. The molecule has 2 aromatic heterocycles. The van der Waals surface area contributed by atoms with Crippen molar-refractivity contribution in [2.75, 3.05) is 7.11 Å². The SMILES string of the molecule is COC(=O)C(CC(C)(C)C)OC(=O)c1ccnc2[nH]ccc12. The number of ether oxygens (including phenoxy) is 2. The molecule has 0 saturated carbocycles. The molecule has 0 aliphatic heterocycles. The number of hydrogen-bond donors (Lipinski definition) is 1. The molecule has 0 aromatic carbocycles. The van der Waals surface area contributed by atoms with Gasteiger partial charge in [-0.3, -0.25) is 0 Å². The van der Waals surface area contributed by atoms with Crippen molar-refractivity contribution >= 4 is 23.0 Å². The van der Waals surface area contributed by atoms with Gasteiger partial charge in [-0.2, -0.15) is 0 Å². The molecule has 0 bridgehead atoms. The van der Waals surface area contributed by atoms with Crippen molar-refractivity contribution in [1.29, 1.82) is 0 Å². The molecular formula is C16H20N2O4. The Morgan fingerprint density at radius 1 is 1.32 bits per heavy atom. The van der Waals surface area contributed by atoms with Gasteiger partial charge in [-0.1, -0.05) is 20.8 Å². The van der Waals surface area contributed by atoms with Crippen molar-refractivity contribution in [2.24, 2.45) is 5.41 Å². The lowest BCUT2D eigenvalue weighted by molar-refractivity contribution is -0.152. The average molecular weight is 304 g/mol. The fraction of sp³-hybridized carbons (Fsp3) is 0.438. The van der Waals surface area contributed by atoms with E-state index in [0.717, 1.165) is 0 Å². The van der Waals surface area contributed by atoms with Gasteiger partial charge in [0.05, 0.1) is 12.7 Å². The van der Waals surface area contributed by atoms with Crippen LogP contribution in [0.3, 0.4) is 0 Å². The number of esters is 2. The van der Waals surface area contributed by atoms with E-state index in [1.54, 1.807) is 18.3 Å².